The molecule has 0 bridgehead atoms. The van der Waals surface area contributed by atoms with E-state index in [1.54, 1.807) is 6.20 Å². The van der Waals surface area contributed by atoms with E-state index in [1.165, 1.54) is 0 Å². The predicted molar refractivity (Wildman–Crippen MR) is 53.6 cm³/mol. The monoisotopic (exact) mass is 180 g/mol. The van der Waals surface area contributed by atoms with Crippen molar-refractivity contribution in [2.45, 2.75) is 25.8 Å². The number of hydrogen-bond donors (Lipinski definition) is 2. The molecule has 1 aromatic rings. The van der Waals surface area contributed by atoms with Crippen LogP contribution in [0.2, 0.25) is 0 Å². The number of anilines is 1. The van der Waals surface area contributed by atoms with Gasteiger partial charge in [-0.15, -0.1) is 0 Å². The highest BCUT2D eigenvalue weighted by Crippen LogP contribution is 2.07. The van der Waals surface area contributed by atoms with Crippen molar-refractivity contribution < 1.29 is 5.11 Å². The van der Waals surface area contributed by atoms with E-state index >= 15 is 0 Å². The van der Waals surface area contributed by atoms with Gasteiger partial charge in [0.1, 0.15) is 5.82 Å². The fourth-order valence-electron chi connectivity index (χ4n) is 1.19. The predicted octanol–water partition coefficient (Wildman–Crippen LogP) is 1.65. The molecule has 0 aliphatic heterocycles. The number of nitrogens with one attached hydrogen (secondary N) is 1. The summed E-state index contributed by atoms with van der Waals surface area (Å²) in [6, 6.07) is 6.08. The van der Waals surface area contributed by atoms with E-state index in [-0.39, 0.29) is 6.61 Å². The van der Waals surface area contributed by atoms with Crippen molar-refractivity contribution in [2.75, 3.05) is 11.9 Å². The van der Waals surface area contributed by atoms with Gasteiger partial charge in [0.05, 0.1) is 0 Å². The van der Waals surface area contributed by atoms with Crippen molar-refractivity contribution in [3.8, 4) is 0 Å². The van der Waals surface area contributed by atoms with Gasteiger partial charge in [0.15, 0.2) is 0 Å². The largest absolute Gasteiger partial charge is 0.396 e. The number of rotatable bonds is 5. The smallest absolute Gasteiger partial charge is 0.126 e. The summed E-state index contributed by atoms with van der Waals surface area (Å²) in [6.07, 6.45) is 3.53. The van der Waals surface area contributed by atoms with Crippen molar-refractivity contribution in [3.05, 3.63) is 24.4 Å². The first-order chi connectivity index (χ1) is 6.36. The highest BCUT2D eigenvalue weighted by atomic mass is 16.3. The molecule has 1 heterocycles. The van der Waals surface area contributed by atoms with E-state index in [0.29, 0.717) is 6.04 Å². The van der Waals surface area contributed by atoms with Crippen LogP contribution in [-0.2, 0) is 0 Å². The van der Waals surface area contributed by atoms with Gasteiger partial charge in [-0.05, 0) is 25.0 Å². The van der Waals surface area contributed by atoms with Crippen LogP contribution in [0.25, 0.3) is 0 Å². The Balaban J connectivity index is 2.46. The van der Waals surface area contributed by atoms with Gasteiger partial charge in [-0.25, -0.2) is 4.98 Å². The SMILES string of the molecule is CCC(CCO)Nc1ccccn1. The topological polar surface area (TPSA) is 45.1 Å². The van der Waals surface area contributed by atoms with E-state index in [9.17, 15) is 0 Å². The molecule has 0 saturated carbocycles. The lowest BCUT2D eigenvalue weighted by Gasteiger charge is -2.15. The molecule has 72 valence electrons. The summed E-state index contributed by atoms with van der Waals surface area (Å²) in [6.45, 7) is 2.31. The third kappa shape index (κ3) is 3.42. The molecule has 1 atom stereocenters. The number of pyridine rings is 1. The summed E-state index contributed by atoms with van der Waals surface area (Å²) in [4.78, 5) is 4.16. The van der Waals surface area contributed by atoms with Gasteiger partial charge in [0.25, 0.3) is 0 Å². The van der Waals surface area contributed by atoms with Crippen LogP contribution >= 0.6 is 0 Å². The standard InChI is InChI=1S/C10H16N2O/c1-2-9(6-8-13)12-10-5-3-4-7-11-10/h3-5,7,9,13H,2,6,8H2,1H3,(H,11,12). The average molecular weight is 180 g/mol. The van der Waals surface area contributed by atoms with Gasteiger partial charge in [0, 0.05) is 18.8 Å². The lowest BCUT2D eigenvalue weighted by molar-refractivity contribution is 0.278. The molecule has 0 spiro atoms. The molecule has 1 aromatic heterocycles. The maximum atomic E-state index is 8.79. The summed E-state index contributed by atoms with van der Waals surface area (Å²) < 4.78 is 0. The van der Waals surface area contributed by atoms with Gasteiger partial charge >= 0.3 is 0 Å². The molecule has 3 nitrogen and oxygen atoms in total. The Labute approximate surface area is 78.8 Å². The molecule has 0 aromatic carbocycles. The van der Waals surface area contributed by atoms with Crippen LogP contribution in [0, 0.1) is 0 Å². The Morgan fingerprint density at radius 3 is 2.92 bits per heavy atom. The first-order valence-corrected chi connectivity index (χ1v) is 4.65. The number of aromatic nitrogens is 1. The maximum Gasteiger partial charge on any atom is 0.126 e. The minimum Gasteiger partial charge on any atom is -0.396 e. The third-order valence-electron chi connectivity index (χ3n) is 1.99. The molecule has 1 unspecified atom stereocenters. The summed E-state index contributed by atoms with van der Waals surface area (Å²) >= 11 is 0. The lowest BCUT2D eigenvalue weighted by atomic mass is 10.1. The molecule has 0 radical (unpaired) electrons. The zero-order chi connectivity index (χ0) is 9.52. The van der Waals surface area contributed by atoms with Crippen LogP contribution in [0.4, 0.5) is 5.82 Å². The van der Waals surface area contributed by atoms with Crippen LogP contribution in [0.5, 0.6) is 0 Å². The quantitative estimate of drug-likeness (QED) is 0.724. The number of aliphatic hydroxyl groups is 1. The highest BCUT2D eigenvalue weighted by molar-refractivity contribution is 5.34. The molecule has 0 saturated heterocycles. The molecule has 0 amide bonds. The fraction of sp³-hybridized carbons (Fsp3) is 0.500. The van der Waals surface area contributed by atoms with Crippen LogP contribution in [0.1, 0.15) is 19.8 Å². The molecular formula is C10H16N2O. The first-order valence-electron chi connectivity index (χ1n) is 4.65. The number of nitrogens with zero attached hydrogens (tertiary/aromatic N) is 1. The molecular weight excluding hydrogens is 164 g/mol. The van der Waals surface area contributed by atoms with E-state index < -0.39 is 0 Å². The zero-order valence-corrected chi connectivity index (χ0v) is 7.90. The highest BCUT2D eigenvalue weighted by Gasteiger charge is 2.04. The molecule has 0 fully saturated rings. The van der Waals surface area contributed by atoms with Gasteiger partial charge in [-0.1, -0.05) is 13.0 Å². The Morgan fingerprint density at radius 1 is 1.54 bits per heavy atom. The van der Waals surface area contributed by atoms with Crippen LogP contribution in [0.15, 0.2) is 24.4 Å². The second-order valence-electron chi connectivity index (χ2n) is 2.98. The zero-order valence-electron chi connectivity index (χ0n) is 7.90. The summed E-state index contributed by atoms with van der Waals surface area (Å²) in [7, 11) is 0. The minimum absolute atomic E-state index is 0.221. The Bertz CT molecular complexity index is 226. The molecule has 1 rings (SSSR count). The molecule has 13 heavy (non-hydrogen) atoms. The Morgan fingerprint density at radius 2 is 2.38 bits per heavy atom. The molecule has 0 aliphatic carbocycles. The third-order valence-corrected chi connectivity index (χ3v) is 1.99. The fourth-order valence-corrected chi connectivity index (χ4v) is 1.19. The van der Waals surface area contributed by atoms with E-state index in [0.717, 1.165) is 18.7 Å². The second kappa shape index (κ2) is 5.54. The van der Waals surface area contributed by atoms with Gasteiger partial charge in [0.2, 0.25) is 0 Å². The lowest BCUT2D eigenvalue weighted by Crippen LogP contribution is -2.20. The van der Waals surface area contributed by atoms with Crippen LogP contribution in [-0.4, -0.2) is 22.7 Å². The maximum absolute atomic E-state index is 8.79. The number of aliphatic hydroxyl groups excluding tert-OH is 1. The van der Waals surface area contributed by atoms with E-state index in [4.69, 9.17) is 5.11 Å². The summed E-state index contributed by atoms with van der Waals surface area (Å²) in [5.74, 6) is 0.878. The van der Waals surface area contributed by atoms with E-state index in [1.807, 2.05) is 18.2 Å². The molecule has 3 heteroatoms. The summed E-state index contributed by atoms with van der Waals surface area (Å²) in [5.41, 5.74) is 0. The average Bonchev–Trinajstić information content (AvgIpc) is 2.19. The van der Waals surface area contributed by atoms with Gasteiger partial charge < -0.3 is 10.4 Å². The summed E-state index contributed by atoms with van der Waals surface area (Å²) in [5, 5.41) is 12.0. The Hall–Kier alpha value is -1.09. The van der Waals surface area contributed by atoms with Crippen molar-refractivity contribution in [1.82, 2.24) is 4.98 Å². The molecule has 2 N–H and O–H groups in total. The van der Waals surface area contributed by atoms with Crippen molar-refractivity contribution >= 4 is 5.82 Å². The van der Waals surface area contributed by atoms with Gasteiger partial charge in [-0.2, -0.15) is 0 Å². The van der Waals surface area contributed by atoms with Crippen molar-refractivity contribution in [1.29, 1.82) is 0 Å². The van der Waals surface area contributed by atoms with Crippen molar-refractivity contribution in [3.63, 3.8) is 0 Å². The number of hydrogen-bond acceptors (Lipinski definition) is 3. The van der Waals surface area contributed by atoms with Crippen molar-refractivity contribution in [2.24, 2.45) is 0 Å². The normalized spacial score (nSPS) is 12.5. The van der Waals surface area contributed by atoms with Gasteiger partial charge in [-0.3, -0.25) is 0 Å². The van der Waals surface area contributed by atoms with E-state index in [2.05, 4.69) is 17.2 Å². The van der Waals surface area contributed by atoms with Crippen LogP contribution < -0.4 is 5.32 Å². The Kier molecular flexibility index (Phi) is 4.26. The second-order valence-corrected chi connectivity index (χ2v) is 2.98. The molecule has 0 aliphatic rings. The van der Waals surface area contributed by atoms with Crippen LogP contribution in [0.3, 0.4) is 0 Å². The first kappa shape index (κ1) is 9.99. The minimum atomic E-state index is 0.221.